The lowest BCUT2D eigenvalue weighted by Gasteiger charge is -2.49. The number of hydrogen-bond donors (Lipinski definition) is 0. The average Bonchev–Trinajstić information content (AvgIpc) is 2.74. The van der Waals surface area contributed by atoms with Gasteiger partial charge in [0.15, 0.2) is 0 Å². The Morgan fingerprint density at radius 3 is 2.43 bits per heavy atom. The first-order valence-electron chi connectivity index (χ1n) is 10.1. The molecular weight excluding hydrogens is 370 g/mol. The second-order valence-electron chi connectivity index (χ2n) is 8.11. The van der Waals surface area contributed by atoms with Crippen LogP contribution in [0.4, 0.5) is 0 Å². The van der Waals surface area contributed by atoms with E-state index in [1.54, 1.807) is 0 Å². The maximum atomic E-state index is 12.9. The third kappa shape index (κ3) is 3.97. The summed E-state index contributed by atoms with van der Waals surface area (Å²) in [6.45, 7) is 2.17. The molecule has 1 heterocycles. The monoisotopic (exact) mass is 399 g/mol. The van der Waals surface area contributed by atoms with Crippen LogP contribution in [0.2, 0.25) is 0 Å². The molecule has 1 saturated carbocycles. The van der Waals surface area contributed by atoms with Crippen LogP contribution in [0.5, 0.6) is 0 Å². The fourth-order valence-corrected chi connectivity index (χ4v) is 5.35. The molecule has 150 valence electrons. The number of piperidine rings is 1. The Morgan fingerprint density at radius 1 is 1.07 bits per heavy atom. The van der Waals surface area contributed by atoms with Crippen molar-refractivity contribution in [3.63, 3.8) is 0 Å². The summed E-state index contributed by atoms with van der Waals surface area (Å²) in [4.78, 5) is 15.5. The molecule has 0 bridgehead atoms. The lowest BCUT2D eigenvalue weighted by atomic mass is 9.62. The van der Waals surface area contributed by atoms with Crippen molar-refractivity contribution < 1.29 is 9.53 Å². The molecular formula is C24H30ClNO2. The molecule has 0 amide bonds. The number of carbonyl (C=O) groups excluding carboxylic acids is 1. The van der Waals surface area contributed by atoms with Gasteiger partial charge in [0.05, 0.1) is 12.5 Å². The lowest BCUT2D eigenvalue weighted by Crippen LogP contribution is -2.53. The van der Waals surface area contributed by atoms with Gasteiger partial charge in [-0.2, -0.15) is 0 Å². The standard InChI is InChI=1S/C24H29NO2.ClH/c1-27-23(26)24(21-12-6-3-7-13-21)15-14-22-20(17-24)11-8-16-25(22)18-19-9-4-2-5-10-19;/h2-7,9-10,12-13,20,22H,8,11,14-18H2,1H3;1H/t20-,22-,24?;/m1./s1. The van der Waals surface area contributed by atoms with Crippen LogP contribution in [0.25, 0.3) is 0 Å². The first-order valence-corrected chi connectivity index (χ1v) is 10.1. The number of nitrogens with zero attached hydrogens (tertiary/aromatic N) is 1. The Hall–Kier alpha value is -1.84. The normalized spacial score (nSPS) is 27.3. The lowest BCUT2D eigenvalue weighted by molar-refractivity contribution is -0.151. The predicted molar refractivity (Wildman–Crippen MR) is 115 cm³/mol. The van der Waals surface area contributed by atoms with Gasteiger partial charge >= 0.3 is 5.97 Å². The molecule has 0 N–H and O–H groups in total. The van der Waals surface area contributed by atoms with E-state index >= 15 is 0 Å². The number of rotatable bonds is 4. The van der Waals surface area contributed by atoms with Crippen molar-refractivity contribution in [2.45, 2.75) is 50.1 Å². The summed E-state index contributed by atoms with van der Waals surface area (Å²) in [5, 5.41) is 0. The van der Waals surface area contributed by atoms with E-state index in [1.165, 1.54) is 25.5 Å². The smallest absolute Gasteiger partial charge is 0.316 e. The summed E-state index contributed by atoms with van der Waals surface area (Å²) in [7, 11) is 1.53. The fraction of sp³-hybridized carbons (Fsp3) is 0.458. The Bertz CT molecular complexity index is 767. The van der Waals surface area contributed by atoms with Gasteiger partial charge in [-0.3, -0.25) is 9.69 Å². The van der Waals surface area contributed by atoms with Crippen LogP contribution in [0.1, 0.15) is 43.2 Å². The molecule has 1 unspecified atom stereocenters. The molecule has 0 spiro atoms. The van der Waals surface area contributed by atoms with Crippen LogP contribution in [0, 0.1) is 5.92 Å². The SMILES string of the molecule is COC(=O)C1(c2ccccc2)CC[C@@H]2[C@H](CCCN2Cc2ccccc2)C1.Cl. The highest BCUT2D eigenvalue weighted by atomic mass is 35.5. The van der Waals surface area contributed by atoms with Gasteiger partial charge in [-0.15, -0.1) is 12.4 Å². The van der Waals surface area contributed by atoms with Crippen LogP contribution in [0.3, 0.4) is 0 Å². The number of hydrogen-bond acceptors (Lipinski definition) is 3. The first-order chi connectivity index (χ1) is 13.2. The van der Waals surface area contributed by atoms with Gasteiger partial charge < -0.3 is 4.74 Å². The molecule has 4 heteroatoms. The zero-order valence-corrected chi connectivity index (χ0v) is 17.4. The number of halogens is 1. The van der Waals surface area contributed by atoms with Crippen molar-refractivity contribution >= 4 is 18.4 Å². The van der Waals surface area contributed by atoms with E-state index in [2.05, 4.69) is 47.4 Å². The van der Waals surface area contributed by atoms with Gasteiger partial charge in [0.1, 0.15) is 0 Å². The number of likely N-dealkylation sites (tertiary alicyclic amines) is 1. The number of carbonyl (C=O) groups is 1. The van der Waals surface area contributed by atoms with Crippen molar-refractivity contribution in [3.05, 3.63) is 71.8 Å². The molecule has 2 aliphatic rings. The highest BCUT2D eigenvalue weighted by molar-refractivity contribution is 5.85. The Balaban J connectivity index is 0.00000225. The van der Waals surface area contributed by atoms with Crippen LogP contribution in [-0.4, -0.2) is 30.6 Å². The summed E-state index contributed by atoms with van der Waals surface area (Å²) in [6.07, 6.45) is 5.25. The molecule has 1 aliphatic heterocycles. The summed E-state index contributed by atoms with van der Waals surface area (Å²) in [6, 6.07) is 21.6. The van der Waals surface area contributed by atoms with Crippen LogP contribution >= 0.6 is 12.4 Å². The third-order valence-corrected chi connectivity index (χ3v) is 6.64. The Labute approximate surface area is 174 Å². The minimum absolute atomic E-state index is 0. The molecule has 3 nitrogen and oxygen atoms in total. The molecule has 3 atom stereocenters. The van der Waals surface area contributed by atoms with E-state index in [9.17, 15) is 4.79 Å². The summed E-state index contributed by atoms with van der Waals surface area (Å²) in [5.41, 5.74) is 2.02. The molecule has 2 fully saturated rings. The van der Waals surface area contributed by atoms with E-state index in [-0.39, 0.29) is 18.4 Å². The summed E-state index contributed by atoms with van der Waals surface area (Å²) >= 11 is 0. The molecule has 1 aliphatic carbocycles. The zero-order valence-electron chi connectivity index (χ0n) is 16.5. The maximum absolute atomic E-state index is 12.9. The summed E-state index contributed by atoms with van der Waals surface area (Å²) in [5.74, 6) is 0.489. The minimum Gasteiger partial charge on any atom is -0.468 e. The van der Waals surface area contributed by atoms with E-state index in [0.29, 0.717) is 12.0 Å². The van der Waals surface area contributed by atoms with Crippen molar-refractivity contribution in [2.75, 3.05) is 13.7 Å². The van der Waals surface area contributed by atoms with Crippen molar-refractivity contribution in [3.8, 4) is 0 Å². The molecule has 2 aromatic carbocycles. The maximum Gasteiger partial charge on any atom is 0.316 e. The van der Waals surface area contributed by atoms with Crippen LogP contribution in [-0.2, 0) is 21.5 Å². The van der Waals surface area contributed by atoms with Gasteiger partial charge in [-0.05, 0) is 55.7 Å². The number of benzene rings is 2. The second-order valence-corrected chi connectivity index (χ2v) is 8.11. The first kappa shape index (κ1) is 20.9. The molecule has 2 aromatic rings. The fourth-order valence-electron chi connectivity index (χ4n) is 5.35. The molecule has 28 heavy (non-hydrogen) atoms. The van der Waals surface area contributed by atoms with E-state index in [0.717, 1.165) is 37.9 Å². The molecule has 0 radical (unpaired) electrons. The molecule has 0 aromatic heterocycles. The number of esters is 1. The average molecular weight is 400 g/mol. The quantitative estimate of drug-likeness (QED) is 0.679. The van der Waals surface area contributed by atoms with Gasteiger partial charge in [-0.25, -0.2) is 0 Å². The molecule has 4 rings (SSSR count). The largest absolute Gasteiger partial charge is 0.468 e. The van der Waals surface area contributed by atoms with Crippen LogP contribution in [0.15, 0.2) is 60.7 Å². The minimum atomic E-state index is -0.479. The van der Waals surface area contributed by atoms with E-state index in [4.69, 9.17) is 4.74 Å². The number of ether oxygens (including phenoxy) is 1. The predicted octanol–water partition coefficient (Wildman–Crippen LogP) is 4.98. The third-order valence-electron chi connectivity index (χ3n) is 6.64. The van der Waals surface area contributed by atoms with Gasteiger partial charge in [0.2, 0.25) is 0 Å². The van der Waals surface area contributed by atoms with Crippen molar-refractivity contribution in [1.82, 2.24) is 4.90 Å². The highest BCUT2D eigenvalue weighted by Gasteiger charge is 2.49. The van der Waals surface area contributed by atoms with E-state index in [1.807, 2.05) is 18.2 Å². The zero-order chi connectivity index (χ0) is 18.7. The van der Waals surface area contributed by atoms with E-state index < -0.39 is 5.41 Å². The van der Waals surface area contributed by atoms with Crippen molar-refractivity contribution in [1.29, 1.82) is 0 Å². The van der Waals surface area contributed by atoms with Crippen molar-refractivity contribution in [2.24, 2.45) is 5.92 Å². The van der Waals surface area contributed by atoms with Gasteiger partial charge in [0.25, 0.3) is 0 Å². The van der Waals surface area contributed by atoms with Crippen LogP contribution < -0.4 is 0 Å². The van der Waals surface area contributed by atoms with Gasteiger partial charge in [-0.1, -0.05) is 60.7 Å². The summed E-state index contributed by atoms with van der Waals surface area (Å²) < 4.78 is 5.30. The molecule has 1 saturated heterocycles. The number of fused-ring (bicyclic) bond motifs is 1. The Kier molecular flexibility index (Phi) is 6.79. The second kappa shape index (κ2) is 9.11. The topological polar surface area (TPSA) is 29.5 Å². The number of methoxy groups -OCH3 is 1. The Morgan fingerprint density at radius 2 is 1.75 bits per heavy atom. The van der Waals surface area contributed by atoms with Gasteiger partial charge in [0, 0.05) is 12.6 Å². The highest BCUT2D eigenvalue weighted by Crippen LogP contribution is 2.47.